The number of amides is 1. The summed E-state index contributed by atoms with van der Waals surface area (Å²) in [6, 6.07) is 10.1. The lowest BCUT2D eigenvalue weighted by atomic mass is 9.95. The third kappa shape index (κ3) is 3.93. The summed E-state index contributed by atoms with van der Waals surface area (Å²) >= 11 is 0. The normalized spacial score (nSPS) is 16.8. The van der Waals surface area contributed by atoms with Crippen LogP contribution in [-0.4, -0.2) is 47.0 Å². The minimum atomic E-state index is -0.0321. The Morgan fingerprint density at radius 3 is 2.40 bits per heavy atom. The minimum Gasteiger partial charge on any atom is -0.361 e. The molecule has 1 saturated heterocycles. The van der Waals surface area contributed by atoms with Crippen LogP contribution in [0.1, 0.15) is 41.8 Å². The molecule has 25 heavy (non-hydrogen) atoms. The van der Waals surface area contributed by atoms with Crippen LogP contribution in [0.4, 0.5) is 0 Å². The zero-order valence-corrected chi connectivity index (χ0v) is 15.4. The van der Waals surface area contributed by atoms with Crippen molar-refractivity contribution >= 4 is 5.91 Å². The van der Waals surface area contributed by atoms with E-state index in [4.69, 9.17) is 4.52 Å². The van der Waals surface area contributed by atoms with Gasteiger partial charge in [-0.25, -0.2) is 0 Å². The van der Waals surface area contributed by atoms with E-state index in [1.807, 2.05) is 36.9 Å². The molecule has 0 radical (unpaired) electrons. The van der Waals surface area contributed by atoms with Crippen molar-refractivity contribution in [1.29, 1.82) is 0 Å². The SMILES string of the molecule is CC[C@@H](C(=O)N1CCN(Cc2c(C)noc2C)CC1)c1ccccc1. The predicted molar refractivity (Wildman–Crippen MR) is 97.3 cm³/mol. The number of aryl methyl sites for hydroxylation is 2. The van der Waals surface area contributed by atoms with E-state index in [2.05, 4.69) is 29.1 Å². The van der Waals surface area contributed by atoms with E-state index in [9.17, 15) is 4.79 Å². The molecule has 1 amide bonds. The maximum absolute atomic E-state index is 12.9. The molecule has 1 fully saturated rings. The first-order valence-electron chi connectivity index (χ1n) is 9.08. The maximum atomic E-state index is 12.9. The van der Waals surface area contributed by atoms with Crippen LogP contribution in [0.2, 0.25) is 0 Å². The predicted octanol–water partition coefficient (Wildman–Crippen LogP) is 3.13. The van der Waals surface area contributed by atoms with Crippen molar-refractivity contribution < 1.29 is 9.32 Å². The lowest BCUT2D eigenvalue weighted by molar-refractivity contribution is -0.134. The second-order valence-electron chi connectivity index (χ2n) is 6.78. The van der Waals surface area contributed by atoms with Crippen LogP contribution in [0.25, 0.3) is 0 Å². The van der Waals surface area contributed by atoms with Crippen molar-refractivity contribution in [2.45, 2.75) is 39.7 Å². The number of nitrogens with zero attached hydrogens (tertiary/aromatic N) is 3. The van der Waals surface area contributed by atoms with E-state index in [1.54, 1.807) is 0 Å². The number of hydrogen-bond donors (Lipinski definition) is 0. The van der Waals surface area contributed by atoms with Crippen LogP contribution in [0.5, 0.6) is 0 Å². The van der Waals surface area contributed by atoms with E-state index >= 15 is 0 Å². The highest BCUT2D eigenvalue weighted by molar-refractivity contribution is 5.83. The van der Waals surface area contributed by atoms with Gasteiger partial charge in [-0.3, -0.25) is 9.69 Å². The largest absolute Gasteiger partial charge is 0.361 e. The van der Waals surface area contributed by atoms with Crippen LogP contribution in [0.15, 0.2) is 34.9 Å². The molecule has 1 aliphatic heterocycles. The molecule has 2 aromatic rings. The molecule has 0 aliphatic carbocycles. The van der Waals surface area contributed by atoms with Gasteiger partial charge in [0.2, 0.25) is 5.91 Å². The molecule has 134 valence electrons. The van der Waals surface area contributed by atoms with Gasteiger partial charge in [0.15, 0.2) is 0 Å². The fourth-order valence-electron chi connectivity index (χ4n) is 3.54. The summed E-state index contributed by atoms with van der Waals surface area (Å²) in [6.07, 6.45) is 0.835. The van der Waals surface area contributed by atoms with Crippen molar-refractivity contribution in [3.63, 3.8) is 0 Å². The van der Waals surface area contributed by atoms with Gasteiger partial charge in [0, 0.05) is 38.3 Å². The van der Waals surface area contributed by atoms with Crippen LogP contribution >= 0.6 is 0 Å². The molecule has 1 aromatic heterocycles. The number of rotatable bonds is 5. The van der Waals surface area contributed by atoms with Crippen molar-refractivity contribution in [2.75, 3.05) is 26.2 Å². The van der Waals surface area contributed by atoms with Gasteiger partial charge in [0.1, 0.15) is 5.76 Å². The summed E-state index contributed by atoms with van der Waals surface area (Å²) in [5.41, 5.74) is 3.26. The molecule has 2 heterocycles. The Balaban J connectivity index is 1.59. The molecule has 1 aromatic carbocycles. The number of piperazine rings is 1. The standard InChI is InChI=1S/C20H27N3O2/c1-4-18(17-8-6-5-7-9-17)20(24)23-12-10-22(11-13-23)14-19-15(2)21-25-16(19)3/h5-9,18H,4,10-14H2,1-3H3/t18-/m1/s1. The average molecular weight is 341 g/mol. The highest BCUT2D eigenvalue weighted by atomic mass is 16.5. The third-order valence-corrected chi connectivity index (χ3v) is 5.16. The number of benzene rings is 1. The molecule has 0 spiro atoms. The van der Waals surface area contributed by atoms with Gasteiger partial charge >= 0.3 is 0 Å². The fourth-order valence-corrected chi connectivity index (χ4v) is 3.54. The van der Waals surface area contributed by atoms with Crippen molar-refractivity contribution in [3.8, 4) is 0 Å². The molecule has 1 atom stereocenters. The summed E-state index contributed by atoms with van der Waals surface area (Å²) in [5.74, 6) is 1.12. The summed E-state index contributed by atoms with van der Waals surface area (Å²) < 4.78 is 5.25. The zero-order chi connectivity index (χ0) is 17.8. The van der Waals surface area contributed by atoms with Crippen LogP contribution in [0.3, 0.4) is 0 Å². The second-order valence-corrected chi connectivity index (χ2v) is 6.78. The summed E-state index contributed by atoms with van der Waals surface area (Å²) in [5, 5.41) is 4.03. The monoisotopic (exact) mass is 341 g/mol. The first-order chi connectivity index (χ1) is 12.1. The lowest BCUT2D eigenvalue weighted by Gasteiger charge is -2.36. The van der Waals surface area contributed by atoms with Crippen molar-refractivity contribution in [1.82, 2.24) is 15.0 Å². The topological polar surface area (TPSA) is 49.6 Å². The lowest BCUT2D eigenvalue weighted by Crippen LogP contribution is -2.49. The quantitative estimate of drug-likeness (QED) is 0.838. The summed E-state index contributed by atoms with van der Waals surface area (Å²) in [4.78, 5) is 17.3. The Labute approximate surface area is 149 Å². The van der Waals surface area contributed by atoms with E-state index < -0.39 is 0 Å². The fraction of sp³-hybridized carbons (Fsp3) is 0.500. The molecular formula is C20H27N3O2. The maximum Gasteiger partial charge on any atom is 0.230 e. The second kappa shape index (κ2) is 7.83. The van der Waals surface area contributed by atoms with Gasteiger partial charge in [-0.1, -0.05) is 42.4 Å². The van der Waals surface area contributed by atoms with Crippen LogP contribution in [-0.2, 0) is 11.3 Å². The Hall–Kier alpha value is -2.14. The average Bonchev–Trinajstić information content (AvgIpc) is 2.96. The number of carbonyl (C=O) groups is 1. The highest BCUT2D eigenvalue weighted by Gasteiger charge is 2.28. The molecule has 0 bridgehead atoms. The molecule has 0 saturated carbocycles. The van der Waals surface area contributed by atoms with Crippen LogP contribution in [0, 0.1) is 13.8 Å². The van der Waals surface area contributed by atoms with Gasteiger partial charge in [-0.05, 0) is 25.8 Å². The first-order valence-corrected chi connectivity index (χ1v) is 9.08. The zero-order valence-electron chi connectivity index (χ0n) is 15.4. The van der Waals surface area contributed by atoms with Gasteiger partial charge in [-0.15, -0.1) is 0 Å². The Bertz CT molecular complexity index is 683. The number of hydrogen-bond acceptors (Lipinski definition) is 4. The van der Waals surface area contributed by atoms with E-state index in [1.165, 1.54) is 5.56 Å². The van der Waals surface area contributed by atoms with E-state index in [-0.39, 0.29) is 11.8 Å². The Morgan fingerprint density at radius 1 is 1.16 bits per heavy atom. The van der Waals surface area contributed by atoms with Crippen LogP contribution < -0.4 is 0 Å². The molecule has 0 N–H and O–H groups in total. The van der Waals surface area contributed by atoms with Gasteiger partial charge in [0.05, 0.1) is 11.6 Å². The molecule has 3 rings (SSSR count). The van der Waals surface area contributed by atoms with Gasteiger partial charge < -0.3 is 9.42 Å². The highest BCUT2D eigenvalue weighted by Crippen LogP contribution is 2.23. The Kier molecular flexibility index (Phi) is 5.53. The third-order valence-electron chi connectivity index (χ3n) is 5.16. The molecule has 5 nitrogen and oxygen atoms in total. The molecule has 5 heteroatoms. The first kappa shape index (κ1) is 17.7. The molecule has 0 unspecified atom stereocenters. The van der Waals surface area contributed by atoms with E-state index in [0.717, 1.165) is 56.2 Å². The summed E-state index contributed by atoms with van der Waals surface area (Å²) in [7, 11) is 0. The minimum absolute atomic E-state index is 0.0321. The summed E-state index contributed by atoms with van der Waals surface area (Å²) in [6.45, 7) is 10.2. The number of aromatic nitrogens is 1. The van der Waals surface area contributed by atoms with Gasteiger partial charge in [0.25, 0.3) is 0 Å². The van der Waals surface area contributed by atoms with Gasteiger partial charge in [-0.2, -0.15) is 0 Å². The molecule has 1 aliphatic rings. The van der Waals surface area contributed by atoms with E-state index in [0.29, 0.717) is 0 Å². The van der Waals surface area contributed by atoms with Crippen molar-refractivity contribution in [3.05, 3.63) is 52.9 Å². The number of carbonyl (C=O) groups excluding carboxylic acids is 1. The smallest absolute Gasteiger partial charge is 0.230 e. The van der Waals surface area contributed by atoms with Crippen molar-refractivity contribution in [2.24, 2.45) is 0 Å². The molecular weight excluding hydrogens is 314 g/mol. The Morgan fingerprint density at radius 2 is 1.84 bits per heavy atom.